The third-order valence-electron chi connectivity index (χ3n) is 5.64. The second kappa shape index (κ2) is 7.80. The van der Waals surface area contributed by atoms with Gasteiger partial charge in [0.15, 0.2) is 11.5 Å². The van der Waals surface area contributed by atoms with Crippen molar-refractivity contribution in [3.8, 4) is 0 Å². The van der Waals surface area contributed by atoms with Crippen molar-refractivity contribution < 1.29 is 14.1 Å². The molecule has 1 aliphatic carbocycles. The molecule has 0 bridgehead atoms. The Labute approximate surface area is 158 Å². The predicted octanol–water partition coefficient (Wildman–Crippen LogP) is 1.89. The number of hydrogen-bond acceptors (Lipinski definition) is 6. The van der Waals surface area contributed by atoms with E-state index in [0.29, 0.717) is 37.0 Å². The fraction of sp³-hybridized carbons (Fsp3) is 0.684. The Hall–Kier alpha value is -2.22. The second-order valence-electron chi connectivity index (χ2n) is 7.49. The number of likely N-dealkylation sites (tertiary alicyclic amines) is 1. The molecule has 0 aromatic carbocycles. The summed E-state index contributed by atoms with van der Waals surface area (Å²) in [5.41, 5.74) is 3.01. The molecule has 2 aromatic heterocycles. The van der Waals surface area contributed by atoms with Crippen LogP contribution in [0.25, 0.3) is 0 Å². The largest absolute Gasteiger partial charge is 0.384 e. The lowest BCUT2D eigenvalue weighted by Crippen LogP contribution is -2.39. The van der Waals surface area contributed by atoms with Crippen LogP contribution in [-0.4, -0.2) is 57.5 Å². The summed E-state index contributed by atoms with van der Waals surface area (Å²) in [7, 11) is 3.60. The van der Waals surface area contributed by atoms with Gasteiger partial charge in [0.25, 0.3) is 5.91 Å². The molecular formula is C19H27N5O3. The number of aromatic nitrogens is 4. The molecular weight excluding hydrogens is 346 g/mol. The summed E-state index contributed by atoms with van der Waals surface area (Å²) in [6, 6.07) is 0. The van der Waals surface area contributed by atoms with Gasteiger partial charge in [0.05, 0.1) is 12.5 Å². The van der Waals surface area contributed by atoms with Gasteiger partial charge in [-0.2, -0.15) is 10.1 Å². The molecule has 0 N–H and O–H groups in total. The molecule has 2 aliphatic rings. The molecule has 0 radical (unpaired) electrons. The third-order valence-corrected chi connectivity index (χ3v) is 5.64. The Morgan fingerprint density at radius 2 is 2.15 bits per heavy atom. The zero-order valence-corrected chi connectivity index (χ0v) is 16.1. The summed E-state index contributed by atoms with van der Waals surface area (Å²) in [6.45, 7) is 1.93. The summed E-state index contributed by atoms with van der Waals surface area (Å²) in [6.07, 6.45) is 6.80. The van der Waals surface area contributed by atoms with E-state index in [9.17, 15) is 4.79 Å². The van der Waals surface area contributed by atoms with Crippen LogP contribution in [0.2, 0.25) is 0 Å². The van der Waals surface area contributed by atoms with E-state index in [-0.39, 0.29) is 11.8 Å². The van der Waals surface area contributed by atoms with Crippen molar-refractivity contribution in [1.29, 1.82) is 0 Å². The number of methoxy groups -OCH3 is 1. The van der Waals surface area contributed by atoms with Crippen LogP contribution in [0.15, 0.2) is 4.52 Å². The molecule has 1 saturated heterocycles. The Balaban J connectivity index is 1.48. The zero-order chi connectivity index (χ0) is 18.8. The van der Waals surface area contributed by atoms with Crippen molar-refractivity contribution in [2.75, 3.05) is 26.8 Å². The summed E-state index contributed by atoms with van der Waals surface area (Å²) in [4.78, 5) is 19.6. The standard InChI is InChI=1S/C19H27N5O3/c1-23-15-8-4-3-7-14(15)17(21-23)19(25)24-10-5-6-13(12-24)18-20-16(22-27-18)9-11-26-2/h13H,3-12H2,1-2H3/t13-/m1/s1. The van der Waals surface area contributed by atoms with Gasteiger partial charge in [-0.3, -0.25) is 9.48 Å². The minimum absolute atomic E-state index is 0.0394. The first-order valence-electron chi connectivity index (χ1n) is 9.82. The van der Waals surface area contributed by atoms with Crippen molar-refractivity contribution in [1.82, 2.24) is 24.8 Å². The summed E-state index contributed by atoms with van der Waals surface area (Å²) in [5.74, 6) is 1.42. The number of fused-ring (bicyclic) bond motifs is 1. The average molecular weight is 373 g/mol. The summed E-state index contributed by atoms with van der Waals surface area (Å²) < 4.78 is 12.4. The van der Waals surface area contributed by atoms with Gasteiger partial charge in [-0.15, -0.1) is 0 Å². The fourth-order valence-corrected chi connectivity index (χ4v) is 4.19. The van der Waals surface area contributed by atoms with Gasteiger partial charge in [-0.05, 0) is 38.5 Å². The molecule has 1 fully saturated rings. The monoisotopic (exact) mass is 373 g/mol. The van der Waals surface area contributed by atoms with E-state index < -0.39 is 0 Å². The van der Waals surface area contributed by atoms with Gasteiger partial charge in [-0.25, -0.2) is 0 Å². The van der Waals surface area contributed by atoms with E-state index in [1.807, 2.05) is 16.6 Å². The van der Waals surface area contributed by atoms with Crippen LogP contribution in [0.1, 0.15) is 65.1 Å². The van der Waals surface area contributed by atoms with E-state index in [1.165, 1.54) is 12.1 Å². The highest BCUT2D eigenvalue weighted by molar-refractivity contribution is 5.94. The average Bonchev–Trinajstić information content (AvgIpc) is 3.31. The van der Waals surface area contributed by atoms with E-state index in [1.54, 1.807) is 7.11 Å². The van der Waals surface area contributed by atoms with Crippen LogP contribution >= 0.6 is 0 Å². The first kappa shape index (κ1) is 18.2. The van der Waals surface area contributed by atoms with Gasteiger partial charge >= 0.3 is 0 Å². The molecule has 2 aromatic rings. The lowest BCUT2D eigenvalue weighted by Gasteiger charge is -2.30. The van der Waals surface area contributed by atoms with Gasteiger partial charge < -0.3 is 14.2 Å². The maximum Gasteiger partial charge on any atom is 0.274 e. The minimum Gasteiger partial charge on any atom is -0.384 e. The molecule has 0 spiro atoms. The number of nitrogens with zero attached hydrogens (tertiary/aromatic N) is 5. The molecule has 0 unspecified atom stereocenters. The molecule has 27 heavy (non-hydrogen) atoms. The molecule has 146 valence electrons. The zero-order valence-electron chi connectivity index (χ0n) is 16.1. The van der Waals surface area contributed by atoms with Crippen molar-refractivity contribution >= 4 is 5.91 Å². The van der Waals surface area contributed by atoms with Gasteiger partial charge in [0.1, 0.15) is 0 Å². The summed E-state index contributed by atoms with van der Waals surface area (Å²) >= 11 is 0. The highest BCUT2D eigenvalue weighted by Crippen LogP contribution is 2.29. The number of aryl methyl sites for hydroxylation is 1. The molecule has 1 amide bonds. The lowest BCUT2D eigenvalue weighted by atomic mass is 9.94. The predicted molar refractivity (Wildman–Crippen MR) is 97.6 cm³/mol. The third kappa shape index (κ3) is 3.63. The molecule has 0 saturated carbocycles. The Bertz CT molecular complexity index is 812. The van der Waals surface area contributed by atoms with E-state index in [0.717, 1.165) is 44.2 Å². The van der Waals surface area contributed by atoms with Crippen LogP contribution < -0.4 is 0 Å². The number of ether oxygens (including phenoxy) is 1. The van der Waals surface area contributed by atoms with E-state index in [4.69, 9.17) is 9.26 Å². The number of rotatable bonds is 5. The Morgan fingerprint density at radius 3 is 3.00 bits per heavy atom. The van der Waals surface area contributed by atoms with Gasteiger partial charge in [0, 0.05) is 44.9 Å². The SMILES string of the molecule is COCCc1noc([C@@H]2CCCN(C(=O)c3nn(C)c4c3CCCC4)C2)n1. The highest BCUT2D eigenvalue weighted by atomic mass is 16.5. The highest BCUT2D eigenvalue weighted by Gasteiger charge is 2.32. The van der Waals surface area contributed by atoms with Crippen molar-refractivity contribution in [2.45, 2.75) is 50.9 Å². The first-order chi connectivity index (χ1) is 13.2. The van der Waals surface area contributed by atoms with Crippen molar-refractivity contribution in [3.63, 3.8) is 0 Å². The van der Waals surface area contributed by atoms with E-state index >= 15 is 0 Å². The molecule has 8 nitrogen and oxygen atoms in total. The molecule has 8 heteroatoms. The summed E-state index contributed by atoms with van der Waals surface area (Å²) in [5, 5.41) is 8.60. The van der Waals surface area contributed by atoms with Crippen LogP contribution in [0, 0.1) is 0 Å². The quantitative estimate of drug-likeness (QED) is 0.795. The molecule has 4 rings (SSSR count). The van der Waals surface area contributed by atoms with Crippen LogP contribution in [0.4, 0.5) is 0 Å². The van der Waals surface area contributed by atoms with Gasteiger partial charge in [-0.1, -0.05) is 5.16 Å². The molecule has 3 heterocycles. The number of carbonyl (C=O) groups is 1. The topological polar surface area (TPSA) is 86.3 Å². The number of carbonyl (C=O) groups excluding carboxylic acids is 1. The Kier molecular flexibility index (Phi) is 5.24. The number of piperidine rings is 1. The molecule has 1 atom stereocenters. The van der Waals surface area contributed by atoms with Crippen molar-refractivity contribution in [3.05, 3.63) is 28.7 Å². The smallest absolute Gasteiger partial charge is 0.274 e. The van der Waals surface area contributed by atoms with Gasteiger partial charge in [0.2, 0.25) is 5.89 Å². The maximum absolute atomic E-state index is 13.2. The maximum atomic E-state index is 13.2. The normalized spacial score (nSPS) is 19.9. The fourth-order valence-electron chi connectivity index (χ4n) is 4.19. The van der Waals surface area contributed by atoms with Crippen molar-refractivity contribution in [2.24, 2.45) is 7.05 Å². The second-order valence-corrected chi connectivity index (χ2v) is 7.49. The Morgan fingerprint density at radius 1 is 1.30 bits per heavy atom. The van der Waals surface area contributed by atoms with Crippen LogP contribution in [-0.2, 0) is 31.0 Å². The number of hydrogen-bond donors (Lipinski definition) is 0. The van der Waals surface area contributed by atoms with Crippen LogP contribution in [0.3, 0.4) is 0 Å². The number of amides is 1. The molecule has 1 aliphatic heterocycles. The first-order valence-corrected chi connectivity index (χ1v) is 9.82. The minimum atomic E-state index is 0.0394. The lowest BCUT2D eigenvalue weighted by molar-refractivity contribution is 0.0687. The van der Waals surface area contributed by atoms with E-state index in [2.05, 4.69) is 15.2 Å². The van der Waals surface area contributed by atoms with Crippen LogP contribution in [0.5, 0.6) is 0 Å².